The molecule has 1 aliphatic heterocycles. The van der Waals surface area contributed by atoms with Gasteiger partial charge in [0.2, 0.25) is 5.91 Å². The molecule has 0 radical (unpaired) electrons. The maximum Gasteiger partial charge on any atom is 0.246 e. The highest BCUT2D eigenvalue weighted by molar-refractivity contribution is 5.95. The van der Waals surface area contributed by atoms with Gasteiger partial charge >= 0.3 is 0 Å². The van der Waals surface area contributed by atoms with Crippen molar-refractivity contribution in [1.82, 2.24) is 16.4 Å². The van der Waals surface area contributed by atoms with Crippen molar-refractivity contribution < 1.29 is 4.79 Å². The van der Waals surface area contributed by atoms with Gasteiger partial charge in [-0.3, -0.25) is 4.79 Å². The molecular weight excluding hydrogens is 302 g/mol. The normalized spacial score (nSPS) is 20.1. The quantitative estimate of drug-likeness (QED) is 0.582. The first-order chi connectivity index (χ1) is 11.6. The van der Waals surface area contributed by atoms with Crippen LogP contribution in [-0.2, 0) is 4.79 Å². The number of amides is 1. The fourth-order valence-electron chi connectivity index (χ4n) is 2.59. The van der Waals surface area contributed by atoms with Crippen molar-refractivity contribution in [1.29, 1.82) is 0 Å². The van der Waals surface area contributed by atoms with E-state index < -0.39 is 6.04 Å². The van der Waals surface area contributed by atoms with E-state index in [1.54, 1.807) is 0 Å². The summed E-state index contributed by atoms with van der Waals surface area (Å²) < 4.78 is 0. The lowest BCUT2D eigenvalue weighted by atomic mass is 10.0. The number of rotatable bonds is 5. The molecule has 0 aliphatic carbocycles. The fraction of sp³-hybridized carbons (Fsp3) is 0.278. The number of nitrogens with one attached hydrogen (secondary N) is 5. The zero-order chi connectivity index (χ0) is 16.9. The monoisotopic (exact) mass is 325 g/mol. The molecule has 24 heavy (non-hydrogen) atoms. The first kappa shape index (κ1) is 16.4. The Labute approximate surface area is 142 Å². The molecule has 6 nitrogen and oxygen atoms in total. The van der Waals surface area contributed by atoms with Crippen LogP contribution in [0.3, 0.4) is 0 Å². The van der Waals surface area contributed by atoms with Crippen LogP contribution < -0.4 is 27.0 Å². The molecule has 6 heteroatoms. The van der Waals surface area contributed by atoms with E-state index in [1.807, 2.05) is 54.6 Å². The maximum absolute atomic E-state index is 12.5. The van der Waals surface area contributed by atoms with Crippen molar-refractivity contribution in [3.05, 3.63) is 60.2 Å². The van der Waals surface area contributed by atoms with Crippen LogP contribution in [-0.4, -0.2) is 18.1 Å². The van der Waals surface area contributed by atoms with Crippen molar-refractivity contribution in [2.45, 2.75) is 32.0 Å². The number of hydrazine groups is 2. The summed E-state index contributed by atoms with van der Waals surface area (Å²) in [6, 6.07) is 17.3. The van der Waals surface area contributed by atoms with E-state index in [4.69, 9.17) is 0 Å². The Balaban J connectivity index is 1.63. The van der Waals surface area contributed by atoms with Crippen LogP contribution in [0.15, 0.2) is 54.6 Å². The minimum Gasteiger partial charge on any atom is -0.367 e. The predicted octanol–water partition coefficient (Wildman–Crippen LogP) is 2.17. The van der Waals surface area contributed by atoms with Crippen LogP contribution in [0.1, 0.15) is 25.3 Å². The lowest BCUT2D eigenvalue weighted by Gasteiger charge is -2.20. The molecule has 1 fully saturated rings. The molecule has 1 aliphatic rings. The number of carbonyl (C=O) groups excluding carboxylic acids is 1. The van der Waals surface area contributed by atoms with Gasteiger partial charge in [-0.15, -0.1) is 0 Å². The summed E-state index contributed by atoms with van der Waals surface area (Å²) in [7, 11) is 0. The van der Waals surface area contributed by atoms with E-state index in [0.29, 0.717) is 5.92 Å². The summed E-state index contributed by atoms with van der Waals surface area (Å²) >= 11 is 0. The van der Waals surface area contributed by atoms with Crippen LogP contribution in [0.4, 0.5) is 11.4 Å². The summed E-state index contributed by atoms with van der Waals surface area (Å²) in [6.45, 7) is 4.29. The van der Waals surface area contributed by atoms with Crippen molar-refractivity contribution in [3.8, 4) is 0 Å². The number of anilines is 2. The first-order valence-electron chi connectivity index (χ1n) is 8.12. The van der Waals surface area contributed by atoms with Gasteiger partial charge in [0, 0.05) is 11.4 Å². The van der Waals surface area contributed by atoms with Gasteiger partial charge in [-0.25, -0.2) is 10.9 Å². The molecule has 2 atom stereocenters. The average Bonchev–Trinajstić information content (AvgIpc) is 3.04. The molecule has 0 aromatic heterocycles. The Bertz CT molecular complexity index is 672. The van der Waals surface area contributed by atoms with Crippen molar-refractivity contribution in [2.75, 3.05) is 10.6 Å². The number of para-hydroxylation sites is 1. The largest absolute Gasteiger partial charge is 0.367 e. The predicted molar refractivity (Wildman–Crippen MR) is 96.2 cm³/mol. The number of benzene rings is 2. The molecule has 3 rings (SSSR count). The minimum absolute atomic E-state index is 0.113. The summed E-state index contributed by atoms with van der Waals surface area (Å²) in [5, 5.41) is 6.23. The van der Waals surface area contributed by atoms with Gasteiger partial charge in [-0.05, 0) is 35.7 Å². The number of hydrogen-bond donors (Lipinski definition) is 5. The first-order valence-corrected chi connectivity index (χ1v) is 8.12. The lowest BCUT2D eigenvalue weighted by Crippen LogP contribution is -2.47. The lowest BCUT2D eigenvalue weighted by molar-refractivity contribution is -0.118. The highest BCUT2D eigenvalue weighted by Crippen LogP contribution is 2.17. The molecule has 5 N–H and O–H groups in total. The molecule has 2 aromatic carbocycles. The van der Waals surface area contributed by atoms with E-state index in [0.717, 1.165) is 11.4 Å². The summed E-state index contributed by atoms with van der Waals surface area (Å²) in [5.74, 6) is 0.359. The highest BCUT2D eigenvalue weighted by atomic mass is 16.2. The van der Waals surface area contributed by atoms with Gasteiger partial charge in [0.25, 0.3) is 0 Å². The van der Waals surface area contributed by atoms with E-state index >= 15 is 0 Å². The molecule has 0 saturated carbocycles. The number of hydrogen-bond acceptors (Lipinski definition) is 5. The van der Waals surface area contributed by atoms with E-state index in [2.05, 4.69) is 40.9 Å². The average molecular weight is 325 g/mol. The molecule has 126 valence electrons. The van der Waals surface area contributed by atoms with Gasteiger partial charge in [0.05, 0.1) is 0 Å². The highest BCUT2D eigenvalue weighted by Gasteiger charge is 2.32. The third-order valence-corrected chi connectivity index (χ3v) is 4.01. The second-order valence-corrected chi connectivity index (χ2v) is 6.15. The fourth-order valence-corrected chi connectivity index (χ4v) is 2.59. The van der Waals surface area contributed by atoms with Crippen LogP contribution in [0.5, 0.6) is 0 Å². The Morgan fingerprint density at radius 1 is 0.958 bits per heavy atom. The smallest absolute Gasteiger partial charge is 0.246 e. The second kappa shape index (κ2) is 7.44. The molecule has 0 bridgehead atoms. The van der Waals surface area contributed by atoms with Crippen molar-refractivity contribution >= 4 is 17.3 Å². The Morgan fingerprint density at radius 2 is 1.67 bits per heavy atom. The van der Waals surface area contributed by atoms with Crippen molar-refractivity contribution in [2.24, 2.45) is 0 Å². The third kappa shape index (κ3) is 3.91. The minimum atomic E-state index is -0.449. The van der Waals surface area contributed by atoms with Crippen LogP contribution in [0.25, 0.3) is 0 Å². The van der Waals surface area contributed by atoms with E-state index in [1.165, 1.54) is 5.56 Å². The third-order valence-electron chi connectivity index (χ3n) is 4.01. The SMILES string of the molecule is CC(C)c1ccc(NC(=O)C2NNNC2Nc2ccccc2)cc1. The molecule has 0 spiro atoms. The molecule has 2 aromatic rings. The topological polar surface area (TPSA) is 77.2 Å². The van der Waals surface area contributed by atoms with Gasteiger partial charge in [-0.1, -0.05) is 44.2 Å². The zero-order valence-electron chi connectivity index (χ0n) is 13.8. The molecule has 2 unspecified atom stereocenters. The van der Waals surface area contributed by atoms with Crippen LogP contribution >= 0.6 is 0 Å². The zero-order valence-corrected chi connectivity index (χ0v) is 13.8. The summed E-state index contributed by atoms with van der Waals surface area (Å²) in [5.41, 5.74) is 11.7. The number of carbonyl (C=O) groups is 1. The molecule has 1 heterocycles. The summed E-state index contributed by atoms with van der Waals surface area (Å²) in [4.78, 5) is 12.5. The molecule has 1 saturated heterocycles. The molecular formula is C18H23N5O. The standard InChI is InChI=1S/C18H23N5O/c1-12(2)13-8-10-15(11-9-13)20-18(24)16-17(22-23-21-16)19-14-6-4-3-5-7-14/h3-12,16-17,19,21-23H,1-2H3,(H,20,24). The van der Waals surface area contributed by atoms with Crippen LogP contribution in [0.2, 0.25) is 0 Å². The van der Waals surface area contributed by atoms with Gasteiger partial charge in [-0.2, -0.15) is 5.53 Å². The maximum atomic E-state index is 12.5. The Morgan fingerprint density at radius 3 is 2.33 bits per heavy atom. The van der Waals surface area contributed by atoms with Crippen LogP contribution in [0, 0.1) is 0 Å². The van der Waals surface area contributed by atoms with Gasteiger partial charge < -0.3 is 10.6 Å². The Hall–Kier alpha value is -2.41. The molecule has 1 amide bonds. The van der Waals surface area contributed by atoms with E-state index in [9.17, 15) is 4.79 Å². The van der Waals surface area contributed by atoms with Gasteiger partial charge in [0.1, 0.15) is 12.2 Å². The second-order valence-electron chi connectivity index (χ2n) is 6.15. The summed E-state index contributed by atoms with van der Waals surface area (Å²) in [6.07, 6.45) is -0.262. The van der Waals surface area contributed by atoms with Gasteiger partial charge in [0.15, 0.2) is 0 Å². The van der Waals surface area contributed by atoms with E-state index in [-0.39, 0.29) is 12.1 Å². The van der Waals surface area contributed by atoms with Crippen molar-refractivity contribution in [3.63, 3.8) is 0 Å². The Kier molecular flexibility index (Phi) is 5.10.